The number of hydrogen-bond acceptors (Lipinski definition) is 5. The van der Waals surface area contributed by atoms with Crippen LogP contribution in [0.4, 0.5) is 0 Å². The molecule has 1 aromatic carbocycles. The molecule has 1 amide bonds. The molecule has 5 nitrogen and oxygen atoms in total. The van der Waals surface area contributed by atoms with Crippen LogP contribution in [0.3, 0.4) is 0 Å². The fourth-order valence-electron chi connectivity index (χ4n) is 1.90. The minimum atomic E-state index is -0.966. The monoisotopic (exact) mass is 324 g/mol. The van der Waals surface area contributed by atoms with E-state index in [4.69, 9.17) is 5.73 Å². The molecule has 0 aromatic heterocycles. The van der Waals surface area contributed by atoms with Gasteiger partial charge >= 0.3 is 0 Å². The van der Waals surface area contributed by atoms with Gasteiger partial charge in [0.1, 0.15) is 6.04 Å². The highest BCUT2D eigenvalue weighted by Gasteiger charge is 2.28. The number of carbonyl (C=O) groups excluding carboxylic acids is 2. The topological polar surface area (TPSA) is 92.4 Å². The zero-order valence-corrected chi connectivity index (χ0v) is 14.0. The van der Waals surface area contributed by atoms with Gasteiger partial charge in [-0.25, -0.2) is 0 Å². The van der Waals surface area contributed by atoms with Gasteiger partial charge in [-0.1, -0.05) is 55.9 Å². The van der Waals surface area contributed by atoms with Gasteiger partial charge in [0.2, 0.25) is 11.0 Å². The summed E-state index contributed by atoms with van der Waals surface area (Å²) in [7, 11) is 0. The Morgan fingerprint density at radius 1 is 1.23 bits per heavy atom. The molecule has 0 saturated carbocycles. The Morgan fingerprint density at radius 3 is 2.32 bits per heavy atom. The van der Waals surface area contributed by atoms with Crippen LogP contribution in [0.15, 0.2) is 30.3 Å². The highest BCUT2D eigenvalue weighted by Crippen LogP contribution is 2.15. The maximum atomic E-state index is 12.1. The van der Waals surface area contributed by atoms with Crippen molar-refractivity contribution in [2.24, 2.45) is 5.73 Å². The van der Waals surface area contributed by atoms with Gasteiger partial charge in [-0.05, 0) is 18.9 Å². The number of carbonyl (C=O) groups is 2. The number of amides is 1. The zero-order valence-electron chi connectivity index (χ0n) is 13.2. The molecule has 0 heterocycles. The van der Waals surface area contributed by atoms with Crippen molar-refractivity contribution in [3.63, 3.8) is 0 Å². The summed E-state index contributed by atoms with van der Waals surface area (Å²) in [5.41, 5.74) is 6.83. The second-order valence-corrected chi connectivity index (χ2v) is 7.09. The van der Waals surface area contributed by atoms with Gasteiger partial charge in [-0.15, -0.1) is 0 Å². The lowest BCUT2D eigenvalue weighted by atomic mass is 10.1. The van der Waals surface area contributed by atoms with Gasteiger partial charge in [0, 0.05) is 5.25 Å². The molecule has 0 aliphatic carbocycles. The van der Waals surface area contributed by atoms with Crippen LogP contribution in [0.1, 0.15) is 26.3 Å². The summed E-state index contributed by atoms with van der Waals surface area (Å²) in [6, 6.07) is 7.71. The van der Waals surface area contributed by atoms with Crippen molar-refractivity contribution in [1.82, 2.24) is 5.32 Å². The quantitative estimate of drug-likeness (QED) is 0.698. The van der Waals surface area contributed by atoms with Crippen molar-refractivity contribution in [3.8, 4) is 0 Å². The first-order valence-corrected chi connectivity index (χ1v) is 8.17. The lowest BCUT2D eigenvalue weighted by Gasteiger charge is -2.22. The number of nitrogens with two attached hydrogens (primary N) is 1. The molecule has 122 valence electrons. The van der Waals surface area contributed by atoms with Gasteiger partial charge in [-0.3, -0.25) is 9.59 Å². The fourth-order valence-corrected chi connectivity index (χ4v) is 2.77. The molecule has 0 radical (unpaired) electrons. The van der Waals surface area contributed by atoms with Gasteiger partial charge in [0.25, 0.3) is 0 Å². The summed E-state index contributed by atoms with van der Waals surface area (Å²) in [4.78, 5) is 24.2. The number of benzene rings is 1. The lowest BCUT2D eigenvalue weighted by Crippen LogP contribution is -2.52. The van der Waals surface area contributed by atoms with Crippen LogP contribution in [0.25, 0.3) is 0 Å². The number of thioether (sulfide) groups is 1. The number of rotatable bonds is 7. The Morgan fingerprint density at radius 2 is 1.82 bits per heavy atom. The third-order valence-corrected chi connectivity index (χ3v) is 3.98. The highest BCUT2D eigenvalue weighted by molar-refractivity contribution is 8.14. The first-order chi connectivity index (χ1) is 10.3. The molecule has 0 unspecified atom stereocenters. The SMILES string of the molecule is CC(C)SC(=O)[C@@H](NC(=O)[C@@H](N)Cc1ccccc1)[C@@H](C)O. The largest absolute Gasteiger partial charge is 0.391 e. The molecule has 4 N–H and O–H groups in total. The van der Waals surface area contributed by atoms with Crippen LogP contribution in [0, 0.1) is 0 Å². The van der Waals surface area contributed by atoms with E-state index in [9.17, 15) is 14.7 Å². The van der Waals surface area contributed by atoms with E-state index in [2.05, 4.69) is 5.32 Å². The summed E-state index contributed by atoms with van der Waals surface area (Å²) in [6.45, 7) is 5.24. The van der Waals surface area contributed by atoms with Gasteiger partial charge in [0.05, 0.1) is 12.1 Å². The normalized spacial score (nSPS) is 15.2. The number of aliphatic hydroxyl groups excluding tert-OH is 1. The standard InChI is InChI=1S/C16H24N2O3S/c1-10(2)22-16(21)14(11(3)19)18-15(20)13(17)9-12-7-5-4-6-8-12/h4-8,10-11,13-14,19H,9,17H2,1-3H3,(H,18,20)/t11-,13+,14+/m1/s1. The van der Waals surface area contributed by atoms with E-state index in [-0.39, 0.29) is 10.4 Å². The van der Waals surface area contributed by atoms with Gasteiger partial charge in [-0.2, -0.15) is 0 Å². The van der Waals surface area contributed by atoms with E-state index >= 15 is 0 Å². The number of hydrogen-bond donors (Lipinski definition) is 3. The van der Waals surface area contributed by atoms with Crippen molar-refractivity contribution >= 4 is 22.8 Å². The number of aliphatic hydroxyl groups is 1. The average Bonchev–Trinajstić information content (AvgIpc) is 2.44. The summed E-state index contributed by atoms with van der Waals surface area (Å²) in [5.74, 6) is -0.438. The maximum absolute atomic E-state index is 12.1. The Bertz CT molecular complexity index is 491. The first kappa shape index (κ1) is 18.7. The van der Waals surface area contributed by atoms with Crippen LogP contribution < -0.4 is 11.1 Å². The first-order valence-electron chi connectivity index (χ1n) is 7.29. The molecular formula is C16H24N2O3S. The molecule has 1 rings (SSSR count). The second kappa shape index (κ2) is 8.92. The third kappa shape index (κ3) is 6.17. The molecule has 0 aliphatic heterocycles. The molecule has 0 fully saturated rings. The minimum Gasteiger partial charge on any atom is -0.391 e. The van der Waals surface area contributed by atoms with Crippen LogP contribution in [-0.4, -0.2) is 39.6 Å². The van der Waals surface area contributed by atoms with Crippen molar-refractivity contribution in [1.29, 1.82) is 0 Å². The van der Waals surface area contributed by atoms with Gasteiger partial charge < -0.3 is 16.2 Å². The van der Waals surface area contributed by atoms with E-state index in [1.54, 1.807) is 0 Å². The Kier molecular flexibility index (Phi) is 7.58. The van der Waals surface area contributed by atoms with Crippen molar-refractivity contribution in [2.45, 2.75) is 50.6 Å². The van der Waals surface area contributed by atoms with Crippen LogP contribution in [-0.2, 0) is 16.0 Å². The van der Waals surface area contributed by atoms with Crippen LogP contribution >= 0.6 is 11.8 Å². The minimum absolute atomic E-state index is 0.0867. The molecule has 3 atom stereocenters. The van der Waals surface area contributed by atoms with Crippen molar-refractivity contribution in [3.05, 3.63) is 35.9 Å². The molecule has 1 aromatic rings. The summed E-state index contributed by atoms with van der Waals surface area (Å²) >= 11 is 1.09. The Balaban J connectivity index is 2.64. The molecule has 22 heavy (non-hydrogen) atoms. The summed E-state index contributed by atoms with van der Waals surface area (Å²) in [6.07, 6.45) is -0.586. The average molecular weight is 324 g/mol. The van der Waals surface area contributed by atoms with Crippen LogP contribution in [0.5, 0.6) is 0 Å². The van der Waals surface area contributed by atoms with Gasteiger partial charge in [0.15, 0.2) is 0 Å². The molecule has 6 heteroatoms. The van der Waals surface area contributed by atoms with E-state index in [0.717, 1.165) is 17.3 Å². The van der Waals surface area contributed by atoms with Crippen molar-refractivity contribution in [2.75, 3.05) is 0 Å². The fraction of sp³-hybridized carbons (Fsp3) is 0.500. The highest BCUT2D eigenvalue weighted by atomic mass is 32.2. The smallest absolute Gasteiger partial charge is 0.237 e. The molecular weight excluding hydrogens is 300 g/mol. The lowest BCUT2D eigenvalue weighted by molar-refractivity contribution is -0.127. The van der Waals surface area contributed by atoms with Crippen molar-refractivity contribution < 1.29 is 14.7 Å². The van der Waals surface area contributed by atoms with E-state index in [1.165, 1.54) is 6.92 Å². The molecule has 0 spiro atoms. The van der Waals surface area contributed by atoms with E-state index < -0.39 is 24.1 Å². The molecule has 0 saturated heterocycles. The second-order valence-electron chi connectivity index (χ2n) is 5.51. The Labute approximate surface area is 135 Å². The summed E-state index contributed by atoms with van der Waals surface area (Å²) < 4.78 is 0. The van der Waals surface area contributed by atoms with E-state index in [1.807, 2.05) is 44.2 Å². The third-order valence-electron chi connectivity index (χ3n) is 3.02. The van der Waals surface area contributed by atoms with E-state index in [0.29, 0.717) is 6.42 Å². The molecule has 0 aliphatic rings. The maximum Gasteiger partial charge on any atom is 0.237 e. The summed E-state index contributed by atoms with van der Waals surface area (Å²) in [5, 5.41) is 12.1. The van der Waals surface area contributed by atoms with Crippen LogP contribution in [0.2, 0.25) is 0 Å². The number of nitrogens with one attached hydrogen (secondary N) is 1. The predicted molar refractivity (Wildman–Crippen MR) is 89.5 cm³/mol. The predicted octanol–water partition coefficient (Wildman–Crippen LogP) is 1.09. The molecule has 0 bridgehead atoms. The zero-order chi connectivity index (χ0) is 16.7. The Hall–Kier alpha value is -1.37.